The maximum Gasteiger partial charge on any atom is 0.0346 e. The third-order valence-corrected chi connectivity index (χ3v) is 3.42. The van der Waals surface area contributed by atoms with Crippen molar-refractivity contribution in [2.24, 2.45) is 5.41 Å². The molecule has 0 aromatic heterocycles. The summed E-state index contributed by atoms with van der Waals surface area (Å²) in [7, 11) is 0. The smallest absolute Gasteiger partial charge is 0.0346 e. The van der Waals surface area contributed by atoms with Gasteiger partial charge < -0.3 is 0 Å². The van der Waals surface area contributed by atoms with Crippen LogP contribution in [0.1, 0.15) is 33.3 Å². The molecule has 0 unspecified atom stereocenters. The quantitative estimate of drug-likeness (QED) is 0.619. The van der Waals surface area contributed by atoms with Crippen molar-refractivity contribution in [2.75, 3.05) is 0 Å². The molecular weight excluding hydrogens is 168 g/mol. The number of hydrogen-bond donors (Lipinski definition) is 0. The van der Waals surface area contributed by atoms with Gasteiger partial charge in [-0.1, -0.05) is 50.1 Å². The van der Waals surface area contributed by atoms with Crippen LogP contribution in [0.5, 0.6) is 0 Å². The van der Waals surface area contributed by atoms with Gasteiger partial charge >= 0.3 is 0 Å². The molecule has 0 spiro atoms. The molecule has 0 heterocycles. The average Bonchev–Trinajstić information content (AvgIpc) is 2.19. The van der Waals surface area contributed by atoms with Crippen LogP contribution in [0.4, 0.5) is 0 Å². The number of terminal acetylenes is 1. The molecule has 0 atom stereocenters. The summed E-state index contributed by atoms with van der Waals surface area (Å²) < 4.78 is 0. The molecule has 0 radical (unpaired) electrons. The van der Waals surface area contributed by atoms with Crippen molar-refractivity contribution >= 4 is 0 Å². The predicted molar refractivity (Wildman–Crippen MR) is 62.1 cm³/mol. The second-order valence-electron chi connectivity index (χ2n) is 4.76. The highest BCUT2D eigenvalue weighted by molar-refractivity contribution is 5.30. The van der Waals surface area contributed by atoms with Gasteiger partial charge in [0, 0.05) is 10.8 Å². The summed E-state index contributed by atoms with van der Waals surface area (Å²) in [5.41, 5.74) is 1.17. The minimum Gasteiger partial charge on any atom is -0.120 e. The molecule has 14 heavy (non-hydrogen) atoms. The normalized spacial score (nSPS) is 12.2. The molecule has 1 aromatic rings. The van der Waals surface area contributed by atoms with Crippen LogP contribution in [-0.4, -0.2) is 0 Å². The van der Waals surface area contributed by atoms with Crippen LogP contribution < -0.4 is 0 Å². The minimum atomic E-state index is -0.131. The highest BCUT2D eigenvalue weighted by atomic mass is 14.4. The first kappa shape index (κ1) is 10.9. The van der Waals surface area contributed by atoms with E-state index >= 15 is 0 Å². The number of hydrogen-bond acceptors (Lipinski definition) is 0. The molecule has 0 saturated carbocycles. The van der Waals surface area contributed by atoms with Gasteiger partial charge in [0.2, 0.25) is 0 Å². The van der Waals surface area contributed by atoms with E-state index in [0.717, 1.165) is 0 Å². The monoisotopic (exact) mass is 186 g/mol. The first-order valence-electron chi connectivity index (χ1n) is 4.95. The van der Waals surface area contributed by atoms with Gasteiger partial charge in [0.05, 0.1) is 0 Å². The fraction of sp³-hybridized carbons (Fsp3) is 0.429. The topological polar surface area (TPSA) is 0 Å². The largest absolute Gasteiger partial charge is 0.120 e. The van der Waals surface area contributed by atoms with E-state index in [1.807, 2.05) is 6.07 Å². The third-order valence-electron chi connectivity index (χ3n) is 3.42. The second kappa shape index (κ2) is 3.50. The summed E-state index contributed by atoms with van der Waals surface area (Å²) in [5.74, 6) is 2.88. The zero-order valence-electron chi connectivity index (χ0n) is 9.46. The molecule has 0 heteroatoms. The van der Waals surface area contributed by atoms with Crippen LogP contribution in [0.3, 0.4) is 0 Å². The highest BCUT2D eigenvalue weighted by Crippen LogP contribution is 2.40. The van der Waals surface area contributed by atoms with E-state index in [2.05, 4.69) is 57.9 Å². The van der Waals surface area contributed by atoms with Crippen molar-refractivity contribution in [2.45, 2.75) is 33.1 Å². The molecule has 74 valence electrons. The molecule has 0 amide bonds. The SMILES string of the molecule is C#CC(C)(C)C(C)(C)c1ccccc1. The van der Waals surface area contributed by atoms with Crippen LogP contribution in [0.15, 0.2) is 30.3 Å². The van der Waals surface area contributed by atoms with E-state index in [1.165, 1.54) is 5.56 Å². The fourth-order valence-corrected chi connectivity index (χ4v) is 1.40. The number of benzene rings is 1. The predicted octanol–water partition coefficient (Wildman–Crippen LogP) is 3.62. The molecule has 0 aliphatic carbocycles. The van der Waals surface area contributed by atoms with Gasteiger partial charge in [-0.05, 0) is 19.4 Å². The Morgan fingerprint density at radius 2 is 1.50 bits per heavy atom. The van der Waals surface area contributed by atoms with E-state index < -0.39 is 0 Å². The lowest BCUT2D eigenvalue weighted by molar-refractivity contribution is 0.282. The Kier molecular flexibility index (Phi) is 2.71. The van der Waals surface area contributed by atoms with Gasteiger partial charge in [0.15, 0.2) is 0 Å². The van der Waals surface area contributed by atoms with E-state index in [4.69, 9.17) is 6.42 Å². The molecule has 0 saturated heterocycles. The maximum atomic E-state index is 5.58. The summed E-state index contributed by atoms with van der Waals surface area (Å²) in [4.78, 5) is 0. The summed E-state index contributed by atoms with van der Waals surface area (Å²) in [6.07, 6.45) is 5.58. The van der Waals surface area contributed by atoms with Crippen molar-refractivity contribution in [1.29, 1.82) is 0 Å². The summed E-state index contributed by atoms with van der Waals surface area (Å²) >= 11 is 0. The second-order valence-corrected chi connectivity index (χ2v) is 4.76. The Bertz CT molecular complexity index is 336. The summed E-state index contributed by atoms with van der Waals surface area (Å²) in [6.45, 7) is 8.62. The lowest BCUT2D eigenvalue weighted by Crippen LogP contribution is -2.35. The zero-order chi connectivity index (χ0) is 10.8. The molecule has 0 aliphatic heterocycles. The lowest BCUT2D eigenvalue weighted by atomic mass is 9.65. The maximum absolute atomic E-state index is 5.58. The standard InChI is InChI=1S/C14H18/c1-6-13(2,3)14(4,5)12-10-8-7-9-11-12/h1,7-11H,2-5H3. The third kappa shape index (κ3) is 1.68. The Morgan fingerprint density at radius 3 is 1.93 bits per heavy atom. The molecule has 0 nitrogen and oxygen atoms in total. The van der Waals surface area contributed by atoms with Gasteiger partial charge in [0.1, 0.15) is 0 Å². The van der Waals surface area contributed by atoms with Gasteiger partial charge in [-0.15, -0.1) is 6.42 Å². The summed E-state index contributed by atoms with van der Waals surface area (Å²) in [6, 6.07) is 10.4. The Labute approximate surface area is 87.4 Å². The Balaban J connectivity index is 3.16. The number of rotatable bonds is 2. The first-order valence-corrected chi connectivity index (χ1v) is 4.95. The van der Waals surface area contributed by atoms with E-state index in [0.29, 0.717) is 0 Å². The van der Waals surface area contributed by atoms with Crippen molar-refractivity contribution < 1.29 is 0 Å². The van der Waals surface area contributed by atoms with Crippen LogP contribution in [-0.2, 0) is 5.41 Å². The first-order chi connectivity index (χ1) is 6.42. The Morgan fingerprint density at radius 1 is 1.00 bits per heavy atom. The molecule has 0 N–H and O–H groups in total. The lowest BCUT2D eigenvalue weighted by Gasteiger charge is -2.38. The van der Waals surface area contributed by atoms with Gasteiger partial charge in [-0.25, -0.2) is 0 Å². The van der Waals surface area contributed by atoms with Gasteiger partial charge in [0.25, 0.3) is 0 Å². The molecule has 1 rings (SSSR count). The fourth-order valence-electron chi connectivity index (χ4n) is 1.40. The summed E-state index contributed by atoms with van der Waals surface area (Å²) in [5, 5.41) is 0. The molecular formula is C14H18. The Hall–Kier alpha value is -1.22. The van der Waals surface area contributed by atoms with Crippen molar-refractivity contribution in [3.8, 4) is 12.3 Å². The van der Waals surface area contributed by atoms with E-state index in [9.17, 15) is 0 Å². The van der Waals surface area contributed by atoms with Crippen molar-refractivity contribution in [3.63, 3.8) is 0 Å². The van der Waals surface area contributed by atoms with Gasteiger partial charge in [-0.3, -0.25) is 0 Å². The molecule has 0 fully saturated rings. The van der Waals surface area contributed by atoms with Crippen molar-refractivity contribution in [3.05, 3.63) is 35.9 Å². The zero-order valence-corrected chi connectivity index (χ0v) is 9.46. The molecule has 0 aliphatic rings. The minimum absolute atomic E-state index is 0.00299. The van der Waals surface area contributed by atoms with Crippen LogP contribution >= 0.6 is 0 Å². The highest BCUT2D eigenvalue weighted by Gasteiger charge is 2.36. The van der Waals surface area contributed by atoms with Crippen LogP contribution in [0.2, 0.25) is 0 Å². The van der Waals surface area contributed by atoms with Crippen LogP contribution in [0.25, 0.3) is 0 Å². The molecule has 0 bridgehead atoms. The van der Waals surface area contributed by atoms with Crippen molar-refractivity contribution in [1.82, 2.24) is 0 Å². The van der Waals surface area contributed by atoms with Gasteiger partial charge in [-0.2, -0.15) is 0 Å². The average molecular weight is 186 g/mol. The van der Waals surface area contributed by atoms with E-state index in [1.54, 1.807) is 0 Å². The van der Waals surface area contributed by atoms with Crippen LogP contribution in [0, 0.1) is 17.8 Å². The molecule has 1 aromatic carbocycles. The van der Waals surface area contributed by atoms with E-state index in [-0.39, 0.29) is 10.8 Å².